The van der Waals surface area contributed by atoms with E-state index in [1.807, 2.05) is 41.6 Å². The highest BCUT2D eigenvalue weighted by Crippen LogP contribution is 2.42. The number of anilines is 1. The van der Waals surface area contributed by atoms with E-state index in [4.69, 9.17) is 15.2 Å². The standard InChI is InChI=1S/C25H22N6O2S/c26-25-23-20(8-22(33-23)19-3-1-2-14-10-29-34-24(14)19)21(11-27-25)15-9-28-31(12-15)18-6-16-4-5-17(7-18)30(16)13-32/h1-3,8-13,16-18H,4-7H2,(H2,26,27)/t16-,17+,18?. The second kappa shape index (κ2) is 7.39. The number of carbonyl (C=O) groups is 1. The van der Waals surface area contributed by atoms with Gasteiger partial charge in [-0.3, -0.25) is 9.48 Å². The predicted molar refractivity (Wildman–Crippen MR) is 131 cm³/mol. The van der Waals surface area contributed by atoms with Crippen molar-refractivity contribution in [2.24, 2.45) is 0 Å². The van der Waals surface area contributed by atoms with Crippen LogP contribution in [0.1, 0.15) is 31.7 Å². The Bertz CT molecular complexity index is 1540. The number of hydrogen-bond acceptors (Lipinski definition) is 7. The van der Waals surface area contributed by atoms with E-state index in [0.717, 1.165) is 70.0 Å². The molecule has 3 atom stereocenters. The number of nitrogens with zero attached hydrogens (tertiary/aromatic N) is 5. The van der Waals surface area contributed by atoms with Crippen LogP contribution in [0.25, 0.3) is 43.5 Å². The van der Waals surface area contributed by atoms with Gasteiger partial charge in [0, 0.05) is 58.1 Å². The van der Waals surface area contributed by atoms with Crippen molar-refractivity contribution >= 4 is 44.8 Å². The average molecular weight is 471 g/mol. The van der Waals surface area contributed by atoms with Crippen LogP contribution in [0.2, 0.25) is 0 Å². The fraction of sp³-hybridized carbons (Fsp3) is 0.280. The summed E-state index contributed by atoms with van der Waals surface area (Å²) in [7, 11) is 0. The summed E-state index contributed by atoms with van der Waals surface area (Å²) < 4.78 is 13.7. The highest BCUT2D eigenvalue weighted by Gasteiger charge is 2.40. The van der Waals surface area contributed by atoms with Gasteiger partial charge in [-0.05, 0) is 49.3 Å². The molecule has 2 aliphatic heterocycles. The molecular formula is C25H22N6O2S. The number of aromatic nitrogens is 4. The van der Waals surface area contributed by atoms with Crippen molar-refractivity contribution in [2.75, 3.05) is 5.73 Å². The molecular weight excluding hydrogens is 448 g/mol. The Morgan fingerprint density at radius 1 is 1.09 bits per heavy atom. The van der Waals surface area contributed by atoms with E-state index >= 15 is 0 Å². The van der Waals surface area contributed by atoms with E-state index in [9.17, 15) is 4.79 Å². The van der Waals surface area contributed by atoms with Crippen LogP contribution in [0.15, 0.2) is 53.5 Å². The lowest BCUT2D eigenvalue weighted by molar-refractivity contribution is -0.122. The van der Waals surface area contributed by atoms with E-state index < -0.39 is 0 Å². The van der Waals surface area contributed by atoms with Gasteiger partial charge in [0.05, 0.1) is 16.9 Å². The van der Waals surface area contributed by atoms with E-state index in [-0.39, 0.29) is 0 Å². The first-order chi connectivity index (χ1) is 16.7. The monoisotopic (exact) mass is 470 g/mol. The summed E-state index contributed by atoms with van der Waals surface area (Å²) in [6, 6.07) is 9.08. The van der Waals surface area contributed by atoms with Gasteiger partial charge in [0.15, 0.2) is 11.4 Å². The van der Waals surface area contributed by atoms with Crippen LogP contribution in [0.4, 0.5) is 5.82 Å². The molecule has 0 spiro atoms. The van der Waals surface area contributed by atoms with Crippen molar-refractivity contribution in [3.05, 3.63) is 49.1 Å². The number of nitrogen functional groups attached to an aromatic ring is 1. The predicted octanol–water partition coefficient (Wildman–Crippen LogP) is 4.87. The molecule has 2 fully saturated rings. The molecule has 0 radical (unpaired) electrons. The Balaban J connectivity index is 1.28. The van der Waals surface area contributed by atoms with Crippen molar-refractivity contribution < 1.29 is 9.21 Å². The molecule has 1 amide bonds. The Morgan fingerprint density at radius 2 is 1.94 bits per heavy atom. The van der Waals surface area contributed by atoms with E-state index in [2.05, 4.69) is 20.2 Å². The van der Waals surface area contributed by atoms with Crippen LogP contribution in [-0.4, -0.2) is 42.5 Å². The maximum atomic E-state index is 11.4. The summed E-state index contributed by atoms with van der Waals surface area (Å²) in [4.78, 5) is 17.9. The molecule has 5 aromatic rings. The molecule has 170 valence electrons. The third-order valence-corrected chi connectivity index (χ3v) is 8.26. The van der Waals surface area contributed by atoms with Gasteiger partial charge in [-0.15, -0.1) is 0 Å². The van der Waals surface area contributed by atoms with Crippen molar-refractivity contribution in [3.8, 4) is 22.5 Å². The molecule has 8 nitrogen and oxygen atoms in total. The second-order valence-corrected chi connectivity index (χ2v) is 10.0. The average Bonchev–Trinajstić information content (AvgIpc) is 3.64. The van der Waals surface area contributed by atoms with Gasteiger partial charge in [0.2, 0.25) is 6.41 Å². The maximum Gasteiger partial charge on any atom is 0.210 e. The molecule has 2 aliphatic rings. The number of amides is 1. The van der Waals surface area contributed by atoms with Crippen molar-refractivity contribution in [3.63, 3.8) is 0 Å². The van der Waals surface area contributed by atoms with Crippen molar-refractivity contribution in [1.82, 2.24) is 24.0 Å². The molecule has 1 aromatic carbocycles. The highest BCUT2D eigenvalue weighted by molar-refractivity contribution is 7.13. The third kappa shape index (κ3) is 2.89. The number of benzene rings is 1. The lowest BCUT2D eigenvalue weighted by atomic mass is 9.98. The molecule has 2 saturated heterocycles. The Morgan fingerprint density at radius 3 is 2.76 bits per heavy atom. The first kappa shape index (κ1) is 19.7. The fourth-order valence-corrected chi connectivity index (χ4v) is 6.51. The molecule has 7 rings (SSSR count). The zero-order valence-corrected chi connectivity index (χ0v) is 19.1. The normalized spacial score (nSPS) is 22.1. The van der Waals surface area contributed by atoms with Crippen LogP contribution < -0.4 is 5.73 Å². The third-order valence-electron chi connectivity index (χ3n) is 7.41. The second-order valence-electron chi connectivity index (χ2n) is 9.23. The SMILES string of the molecule is Nc1ncc(-c2cnn(C3C[C@H]4CC[C@@H](C3)N4C=O)c2)c2cc(-c3cccc4cnsc34)oc12. The van der Waals surface area contributed by atoms with Crippen molar-refractivity contribution in [2.45, 2.75) is 43.8 Å². The molecule has 2 bridgehead atoms. The van der Waals surface area contributed by atoms with E-state index in [0.29, 0.717) is 29.5 Å². The van der Waals surface area contributed by atoms with Gasteiger partial charge >= 0.3 is 0 Å². The minimum atomic E-state index is 0.295. The number of rotatable bonds is 4. The van der Waals surface area contributed by atoms with Gasteiger partial charge in [-0.25, -0.2) is 4.98 Å². The summed E-state index contributed by atoms with van der Waals surface area (Å²) >= 11 is 1.45. The van der Waals surface area contributed by atoms with Crippen LogP contribution in [0, 0.1) is 0 Å². The van der Waals surface area contributed by atoms with Crippen molar-refractivity contribution in [1.29, 1.82) is 0 Å². The topological polar surface area (TPSA) is 103 Å². The molecule has 34 heavy (non-hydrogen) atoms. The number of piperidine rings is 1. The molecule has 1 unspecified atom stereocenters. The van der Waals surface area contributed by atoms with Gasteiger partial charge in [-0.1, -0.05) is 12.1 Å². The zero-order valence-electron chi connectivity index (χ0n) is 18.3. The van der Waals surface area contributed by atoms with Crippen LogP contribution in [-0.2, 0) is 4.79 Å². The molecule has 6 heterocycles. The first-order valence-electron chi connectivity index (χ1n) is 11.5. The van der Waals surface area contributed by atoms with Gasteiger partial charge in [0.25, 0.3) is 0 Å². The Labute approximate surface area is 199 Å². The number of carbonyl (C=O) groups excluding carboxylic acids is 1. The molecule has 4 aromatic heterocycles. The Hall–Kier alpha value is -3.72. The summed E-state index contributed by atoms with van der Waals surface area (Å²) in [6.45, 7) is 0. The number of furan rings is 1. The smallest absolute Gasteiger partial charge is 0.210 e. The van der Waals surface area contributed by atoms with E-state index in [1.54, 1.807) is 6.20 Å². The number of fused-ring (bicyclic) bond motifs is 4. The lowest BCUT2D eigenvalue weighted by Gasteiger charge is -2.36. The molecule has 2 N–H and O–H groups in total. The molecule has 9 heteroatoms. The fourth-order valence-electron chi connectivity index (χ4n) is 5.74. The van der Waals surface area contributed by atoms with Gasteiger partial charge in [0.1, 0.15) is 5.76 Å². The van der Waals surface area contributed by atoms with Crippen LogP contribution >= 0.6 is 11.5 Å². The molecule has 0 saturated carbocycles. The van der Waals surface area contributed by atoms with Gasteiger partial charge in [-0.2, -0.15) is 9.47 Å². The minimum Gasteiger partial charge on any atom is -0.452 e. The zero-order chi connectivity index (χ0) is 22.8. The quantitative estimate of drug-likeness (QED) is 0.376. The first-order valence-corrected chi connectivity index (χ1v) is 12.3. The van der Waals surface area contributed by atoms with Gasteiger partial charge < -0.3 is 15.1 Å². The van der Waals surface area contributed by atoms with Crippen LogP contribution in [0.5, 0.6) is 0 Å². The molecule has 0 aliphatic carbocycles. The number of nitrogens with two attached hydrogens (primary N) is 1. The summed E-state index contributed by atoms with van der Waals surface area (Å²) in [5.74, 6) is 1.11. The Kier molecular flexibility index (Phi) is 4.29. The number of hydrogen-bond donors (Lipinski definition) is 1. The maximum absolute atomic E-state index is 11.4. The summed E-state index contributed by atoms with van der Waals surface area (Å²) in [6.07, 6.45) is 12.7. The lowest BCUT2D eigenvalue weighted by Crippen LogP contribution is -2.42. The number of pyridine rings is 1. The minimum absolute atomic E-state index is 0.295. The van der Waals surface area contributed by atoms with E-state index in [1.165, 1.54) is 11.5 Å². The summed E-state index contributed by atoms with van der Waals surface area (Å²) in [5, 5.41) is 6.71. The highest BCUT2D eigenvalue weighted by atomic mass is 32.1. The van der Waals surface area contributed by atoms with Crippen LogP contribution in [0.3, 0.4) is 0 Å². The largest absolute Gasteiger partial charge is 0.452 e. The summed E-state index contributed by atoms with van der Waals surface area (Å²) in [5.41, 5.74) is 9.70.